The van der Waals surface area contributed by atoms with Crippen LogP contribution in [0.2, 0.25) is 0 Å². The molecular weight excluding hydrogens is 864 g/mol. The minimum atomic E-state index is -0.741. The highest BCUT2D eigenvalue weighted by Gasteiger charge is 2.19. The largest absolute Gasteiger partial charge is 0.494 e. The lowest BCUT2D eigenvalue weighted by Gasteiger charge is -2.10. The molecule has 0 aliphatic rings. The number of esters is 4. The summed E-state index contributed by atoms with van der Waals surface area (Å²) in [5.74, 6) is -0.0823. The van der Waals surface area contributed by atoms with Crippen molar-refractivity contribution < 1.29 is 47.6 Å². The van der Waals surface area contributed by atoms with Gasteiger partial charge in [-0.3, -0.25) is 0 Å². The first kappa shape index (κ1) is 48.1. The van der Waals surface area contributed by atoms with Gasteiger partial charge in [-0.05, 0) is 144 Å². The standard InChI is InChI=1S/C52H57BrO10/c1-3-5-7-9-11-13-15-35-58-41-26-30-45(31-27-41)60-49(54)38-17-22-43(23-18-38)62-51(56)40-21-34-48(53)47(37-40)52(57)63-44-24-19-39(20-25-44)50(55)61-46-32-28-42(29-33-46)59-36-16-14-12-10-8-6-4-2/h17-34,37H,3-16,35-36H2,1-2H3. The lowest BCUT2D eigenvalue weighted by atomic mass is 10.1. The number of carbonyl (C=O) groups is 4. The average molecular weight is 922 g/mol. The first-order chi connectivity index (χ1) is 30.7. The van der Waals surface area contributed by atoms with Gasteiger partial charge in [0.2, 0.25) is 0 Å². The summed E-state index contributed by atoms with van der Waals surface area (Å²) < 4.78 is 34.2. The smallest absolute Gasteiger partial charge is 0.344 e. The van der Waals surface area contributed by atoms with E-state index in [-0.39, 0.29) is 33.8 Å². The summed E-state index contributed by atoms with van der Waals surface area (Å²) in [6, 6.07) is 30.1. The summed E-state index contributed by atoms with van der Waals surface area (Å²) >= 11 is 3.35. The number of hydrogen-bond donors (Lipinski definition) is 0. The molecule has 0 atom stereocenters. The third-order valence-corrected chi connectivity index (χ3v) is 10.8. The van der Waals surface area contributed by atoms with E-state index in [9.17, 15) is 19.2 Å². The molecule has 0 unspecified atom stereocenters. The summed E-state index contributed by atoms with van der Waals surface area (Å²) in [6.45, 7) is 5.72. The molecule has 332 valence electrons. The third kappa shape index (κ3) is 16.7. The maximum absolute atomic E-state index is 13.2. The monoisotopic (exact) mass is 920 g/mol. The van der Waals surface area contributed by atoms with Crippen LogP contribution >= 0.6 is 15.9 Å². The van der Waals surface area contributed by atoms with Crippen molar-refractivity contribution in [2.24, 2.45) is 0 Å². The van der Waals surface area contributed by atoms with E-state index >= 15 is 0 Å². The van der Waals surface area contributed by atoms with Gasteiger partial charge in [0.25, 0.3) is 0 Å². The maximum Gasteiger partial charge on any atom is 0.344 e. The molecule has 63 heavy (non-hydrogen) atoms. The number of unbranched alkanes of at least 4 members (excludes halogenated alkanes) is 12. The number of carbonyl (C=O) groups excluding carboxylic acids is 4. The van der Waals surface area contributed by atoms with E-state index in [1.54, 1.807) is 48.5 Å². The number of benzene rings is 5. The molecule has 0 bridgehead atoms. The molecule has 0 saturated carbocycles. The predicted octanol–water partition coefficient (Wildman–Crippen LogP) is 13.6. The van der Waals surface area contributed by atoms with Gasteiger partial charge < -0.3 is 28.4 Å². The van der Waals surface area contributed by atoms with Crippen molar-refractivity contribution in [3.05, 3.63) is 142 Å². The van der Waals surface area contributed by atoms with Gasteiger partial charge in [0, 0.05) is 4.47 Å². The average Bonchev–Trinajstić information content (AvgIpc) is 3.29. The van der Waals surface area contributed by atoms with Gasteiger partial charge in [0.15, 0.2) is 0 Å². The molecule has 0 spiro atoms. The van der Waals surface area contributed by atoms with Crippen molar-refractivity contribution in [3.63, 3.8) is 0 Å². The molecule has 0 radical (unpaired) electrons. The number of ether oxygens (including phenoxy) is 6. The van der Waals surface area contributed by atoms with Gasteiger partial charge in [-0.2, -0.15) is 0 Å². The Hall–Kier alpha value is -5.94. The second-order valence-corrected chi connectivity index (χ2v) is 16.0. The molecule has 0 saturated heterocycles. The number of hydrogen-bond acceptors (Lipinski definition) is 10. The van der Waals surface area contributed by atoms with Crippen LogP contribution in [0, 0.1) is 0 Å². The van der Waals surface area contributed by atoms with Gasteiger partial charge in [-0.1, -0.05) is 90.9 Å². The van der Waals surface area contributed by atoms with Gasteiger partial charge in [0.05, 0.1) is 35.5 Å². The Morgan fingerprint density at radius 2 is 0.667 bits per heavy atom. The van der Waals surface area contributed by atoms with Crippen molar-refractivity contribution >= 4 is 39.8 Å². The summed E-state index contributed by atoms with van der Waals surface area (Å²) in [5.41, 5.74) is 0.690. The highest BCUT2D eigenvalue weighted by atomic mass is 79.9. The van der Waals surface area contributed by atoms with Crippen molar-refractivity contribution in [2.75, 3.05) is 13.2 Å². The Kier molecular flexibility index (Phi) is 20.2. The molecule has 5 aromatic carbocycles. The number of halogens is 1. The van der Waals surface area contributed by atoms with Crippen LogP contribution < -0.4 is 28.4 Å². The Balaban J connectivity index is 1.04. The summed E-state index contributed by atoms with van der Waals surface area (Å²) in [6.07, 6.45) is 16.9. The van der Waals surface area contributed by atoms with Gasteiger partial charge >= 0.3 is 23.9 Å². The SMILES string of the molecule is CCCCCCCCCOc1ccc(OC(=O)c2ccc(OC(=O)c3ccc(Br)c(C(=O)Oc4ccc(C(=O)Oc5ccc(OCCCCCCCCC)cc5)cc4)c3)cc2)cc1. The zero-order chi connectivity index (χ0) is 44.7. The lowest BCUT2D eigenvalue weighted by Crippen LogP contribution is -2.14. The van der Waals surface area contributed by atoms with Crippen LogP contribution in [0.3, 0.4) is 0 Å². The normalized spacial score (nSPS) is 10.8. The molecule has 11 heteroatoms. The van der Waals surface area contributed by atoms with E-state index in [2.05, 4.69) is 29.8 Å². The lowest BCUT2D eigenvalue weighted by molar-refractivity contribution is 0.0722. The second kappa shape index (κ2) is 26.5. The first-order valence-corrected chi connectivity index (χ1v) is 22.9. The maximum atomic E-state index is 13.2. The van der Waals surface area contributed by atoms with Crippen molar-refractivity contribution in [2.45, 2.75) is 104 Å². The Labute approximate surface area is 379 Å². The van der Waals surface area contributed by atoms with Gasteiger partial charge in [-0.25, -0.2) is 19.2 Å². The van der Waals surface area contributed by atoms with Crippen LogP contribution in [0.5, 0.6) is 34.5 Å². The van der Waals surface area contributed by atoms with Crippen LogP contribution in [0.4, 0.5) is 0 Å². The minimum absolute atomic E-state index is 0.0774. The first-order valence-electron chi connectivity index (χ1n) is 22.1. The van der Waals surface area contributed by atoms with E-state index < -0.39 is 23.9 Å². The molecule has 0 amide bonds. The van der Waals surface area contributed by atoms with Gasteiger partial charge in [0.1, 0.15) is 34.5 Å². The summed E-state index contributed by atoms with van der Waals surface area (Å²) in [4.78, 5) is 51.9. The van der Waals surface area contributed by atoms with Crippen LogP contribution in [-0.2, 0) is 0 Å². The predicted molar refractivity (Wildman–Crippen MR) is 247 cm³/mol. The minimum Gasteiger partial charge on any atom is -0.494 e. The topological polar surface area (TPSA) is 124 Å². The van der Waals surface area contributed by atoms with Crippen molar-refractivity contribution in [1.29, 1.82) is 0 Å². The Bertz CT molecular complexity index is 2180. The molecule has 0 aliphatic heterocycles. The van der Waals surface area contributed by atoms with E-state index in [1.807, 2.05) is 0 Å². The highest BCUT2D eigenvalue weighted by Crippen LogP contribution is 2.25. The third-order valence-electron chi connectivity index (χ3n) is 10.1. The fraction of sp³-hybridized carbons (Fsp3) is 0.346. The molecule has 0 heterocycles. The molecule has 5 rings (SSSR count). The van der Waals surface area contributed by atoms with Crippen LogP contribution in [-0.4, -0.2) is 37.1 Å². The van der Waals surface area contributed by atoms with E-state index in [0.717, 1.165) is 25.7 Å². The number of rotatable bonds is 26. The van der Waals surface area contributed by atoms with Crippen LogP contribution in [0.25, 0.3) is 0 Å². The van der Waals surface area contributed by atoms with E-state index in [0.29, 0.717) is 40.7 Å². The molecule has 5 aromatic rings. The zero-order valence-electron chi connectivity index (χ0n) is 36.2. The van der Waals surface area contributed by atoms with E-state index in [1.165, 1.54) is 131 Å². The molecule has 0 aromatic heterocycles. The summed E-state index contributed by atoms with van der Waals surface area (Å²) in [5, 5.41) is 0. The molecular formula is C52H57BrO10. The molecule has 0 fully saturated rings. The Morgan fingerprint density at radius 1 is 0.365 bits per heavy atom. The molecule has 0 N–H and O–H groups in total. The van der Waals surface area contributed by atoms with Crippen LogP contribution in [0.1, 0.15) is 145 Å². The molecule has 0 aliphatic carbocycles. The fourth-order valence-corrected chi connectivity index (χ4v) is 6.90. The van der Waals surface area contributed by atoms with E-state index in [4.69, 9.17) is 28.4 Å². The molecule has 10 nitrogen and oxygen atoms in total. The highest BCUT2D eigenvalue weighted by molar-refractivity contribution is 9.10. The quantitative estimate of drug-likeness (QED) is 0.0301. The second-order valence-electron chi connectivity index (χ2n) is 15.2. The summed E-state index contributed by atoms with van der Waals surface area (Å²) in [7, 11) is 0. The van der Waals surface area contributed by atoms with Crippen LogP contribution in [0.15, 0.2) is 120 Å². The van der Waals surface area contributed by atoms with Gasteiger partial charge in [-0.15, -0.1) is 0 Å². The fourth-order valence-electron chi connectivity index (χ4n) is 6.49. The zero-order valence-corrected chi connectivity index (χ0v) is 37.8. The Morgan fingerprint density at radius 3 is 1.06 bits per heavy atom. The van der Waals surface area contributed by atoms with Crippen molar-refractivity contribution in [1.82, 2.24) is 0 Å². The van der Waals surface area contributed by atoms with Crippen molar-refractivity contribution in [3.8, 4) is 34.5 Å².